The average molecular weight is 319 g/mol. The molecule has 0 amide bonds. The Balaban J connectivity index is 2.69. The first kappa shape index (κ1) is 17.7. The van der Waals surface area contributed by atoms with Crippen molar-refractivity contribution in [3.05, 3.63) is 29.3 Å². The van der Waals surface area contributed by atoms with Crippen LogP contribution in [0.25, 0.3) is 0 Å². The number of nitrogens with two attached hydrogens (primary N) is 1. The van der Waals surface area contributed by atoms with Crippen LogP contribution in [0.2, 0.25) is 0 Å². The summed E-state index contributed by atoms with van der Waals surface area (Å²) >= 11 is 4.71. The highest BCUT2D eigenvalue weighted by Gasteiger charge is 2.33. The number of nitrogens with zero attached hydrogens (tertiary/aromatic N) is 1. The summed E-state index contributed by atoms with van der Waals surface area (Å²) in [5.74, 6) is 0. The molecule has 0 aliphatic rings. The van der Waals surface area contributed by atoms with Gasteiger partial charge in [-0.2, -0.15) is 13.2 Å². The predicted octanol–water partition coefficient (Wildman–Crippen LogP) is 3.09. The number of anilines is 1. The molecule has 0 bridgehead atoms. The van der Waals surface area contributed by atoms with E-state index in [0.717, 1.165) is 25.5 Å². The van der Waals surface area contributed by atoms with Crippen molar-refractivity contribution in [1.82, 2.24) is 4.90 Å². The lowest BCUT2D eigenvalue weighted by atomic mass is 10.1. The average Bonchev–Trinajstić information content (AvgIpc) is 2.36. The van der Waals surface area contributed by atoms with E-state index in [9.17, 15) is 13.2 Å². The molecule has 1 rings (SSSR count). The van der Waals surface area contributed by atoms with Gasteiger partial charge < -0.3 is 16.0 Å². The smallest absolute Gasteiger partial charge is 0.389 e. The zero-order chi connectivity index (χ0) is 16.0. The van der Waals surface area contributed by atoms with E-state index in [1.54, 1.807) is 0 Å². The molecule has 3 N–H and O–H groups in total. The second kappa shape index (κ2) is 7.61. The van der Waals surface area contributed by atoms with Crippen molar-refractivity contribution in [2.75, 3.05) is 32.5 Å². The van der Waals surface area contributed by atoms with Crippen LogP contribution in [0.15, 0.2) is 18.2 Å². The fourth-order valence-electron chi connectivity index (χ4n) is 1.89. The minimum absolute atomic E-state index is 0.143. The van der Waals surface area contributed by atoms with Crippen molar-refractivity contribution in [1.29, 1.82) is 0 Å². The van der Waals surface area contributed by atoms with Crippen LogP contribution in [0.3, 0.4) is 0 Å². The molecule has 0 spiro atoms. The summed E-state index contributed by atoms with van der Waals surface area (Å²) < 4.78 is 38.5. The van der Waals surface area contributed by atoms with E-state index in [-0.39, 0.29) is 10.6 Å². The van der Waals surface area contributed by atoms with Crippen molar-refractivity contribution in [2.45, 2.75) is 19.0 Å². The largest absolute Gasteiger partial charge is 0.417 e. The molecule has 0 unspecified atom stereocenters. The molecular formula is C14H20F3N3S. The molecule has 1 aromatic carbocycles. The van der Waals surface area contributed by atoms with Gasteiger partial charge in [0.2, 0.25) is 0 Å². The first-order valence-corrected chi connectivity index (χ1v) is 7.02. The third-order valence-electron chi connectivity index (χ3n) is 2.95. The molecule has 0 fully saturated rings. The third kappa shape index (κ3) is 5.89. The fourth-order valence-corrected chi connectivity index (χ4v) is 2.06. The van der Waals surface area contributed by atoms with Gasteiger partial charge in [-0.25, -0.2) is 0 Å². The second-order valence-corrected chi connectivity index (χ2v) is 5.50. The highest BCUT2D eigenvalue weighted by atomic mass is 32.1. The number of hydrogen-bond acceptors (Lipinski definition) is 3. The van der Waals surface area contributed by atoms with Gasteiger partial charge in [0.25, 0.3) is 0 Å². The number of hydrogen-bond donors (Lipinski definition) is 2. The lowest BCUT2D eigenvalue weighted by Gasteiger charge is -2.15. The summed E-state index contributed by atoms with van der Waals surface area (Å²) in [6, 6.07) is 3.77. The third-order valence-corrected chi connectivity index (χ3v) is 3.17. The molecule has 1 aromatic rings. The Labute approximate surface area is 128 Å². The van der Waals surface area contributed by atoms with Crippen molar-refractivity contribution in [3.63, 3.8) is 0 Å². The van der Waals surface area contributed by atoms with Crippen LogP contribution in [0.4, 0.5) is 18.9 Å². The van der Waals surface area contributed by atoms with Gasteiger partial charge in [0.15, 0.2) is 0 Å². The Bertz CT molecular complexity index is 487. The predicted molar refractivity (Wildman–Crippen MR) is 83.6 cm³/mol. The van der Waals surface area contributed by atoms with Gasteiger partial charge >= 0.3 is 6.18 Å². The Morgan fingerprint density at radius 1 is 1.29 bits per heavy atom. The van der Waals surface area contributed by atoms with Crippen LogP contribution in [0.5, 0.6) is 0 Å². The lowest BCUT2D eigenvalue weighted by molar-refractivity contribution is -0.137. The maximum absolute atomic E-state index is 12.8. The van der Waals surface area contributed by atoms with E-state index in [2.05, 4.69) is 10.2 Å². The molecule has 0 aromatic heterocycles. The summed E-state index contributed by atoms with van der Waals surface area (Å²) in [5, 5.41) is 3.09. The second-order valence-electron chi connectivity index (χ2n) is 5.06. The fraction of sp³-hybridized carbons (Fsp3) is 0.500. The number of thiocarbonyl (C=S) groups is 1. The molecular weight excluding hydrogens is 299 g/mol. The first-order valence-electron chi connectivity index (χ1n) is 6.61. The minimum atomic E-state index is -4.46. The summed E-state index contributed by atoms with van der Waals surface area (Å²) in [5.41, 5.74) is 5.04. The van der Waals surface area contributed by atoms with Crippen LogP contribution in [-0.4, -0.2) is 37.1 Å². The van der Waals surface area contributed by atoms with Gasteiger partial charge in [-0.05, 0) is 51.7 Å². The van der Waals surface area contributed by atoms with E-state index in [4.69, 9.17) is 18.0 Å². The molecule has 0 saturated carbocycles. The van der Waals surface area contributed by atoms with Gasteiger partial charge in [0.1, 0.15) is 4.99 Å². The van der Waals surface area contributed by atoms with E-state index in [1.165, 1.54) is 12.1 Å². The van der Waals surface area contributed by atoms with Gasteiger partial charge in [-0.15, -0.1) is 0 Å². The molecule has 21 heavy (non-hydrogen) atoms. The number of unbranched alkanes of at least 4 members (excludes halogenated alkanes) is 1. The van der Waals surface area contributed by atoms with Crippen molar-refractivity contribution in [2.24, 2.45) is 5.73 Å². The monoisotopic (exact) mass is 319 g/mol. The molecule has 0 heterocycles. The minimum Gasteiger partial charge on any atom is -0.389 e. The molecule has 0 saturated heterocycles. The number of benzene rings is 1. The van der Waals surface area contributed by atoms with E-state index in [0.29, 0.717) is 12.2 Å². The van der Waals surface area contributed by atoms with Crippen molar-refractivity contribution >= 4 is 22.9 Å². The van der Waals surface area contributed by atoms with Crippen molar-refractivity contribution < 1.29 is 13.2 Å². The topological polar surface area (TPSA) is 41.3 Å². The van der Waals surface area contributed by atoms with Crippen molar-refractivity contribution in [3.8, 4) is 0 Å². The van der Waals surface area contributed by atoms with E-state index >= 15 is 0 Å². The molecule has 0 aliphatic heterocycles. The SMILES string of the molecule is CN(C)CCCCNc1ccc(C(F)(F)F)c(C(N)=S)c1. The Hall–Kier alpha value is -1.34. The first-order chi connectivity index (χ1) is 9.71. The van der Waals surface area contributed by atoms with Crippen LogP contribution >= 0.6 is 12.2 Å². The summed E-state index contributed by atoms with van der Waals surface area (Å²) in [4.78, 5) is 1.84. The lowest BCUT2D eigenvalue weighted by Crippen LogP contribution is -2.18. The van der Waals surface area contributed by atoms with Gasteiger partial charge in [0.05, 0.1) is 5.56 Å². The number of rotatable bonds is 7. The number of nitrogens with one attached hydrogen (secondary N) is 1. The Kier molecular flexibility index (Phi) is 6.42. The Morgan fingerprint density at radius 3 is 2.48 bits per heavy atom. The summed E-state index contributed by atoms with van der Waals surface area (Å²) in [6.45, 7) is 1.67. The highest BCUT2D eigenvalue weighted by molar-refractivity contribution is 7.80. The molecule has 0 radical (unpaired) electrons. The molecule has 118 valence electrons. The van der Waals surface area contributed by atoms with Crippen LogP contribution in [0, 0.1) is 0 Å². The summed E-state index contributed by atoms with van der Waals surface area (Å²) in [7, 11) is 4.00. The number of halogens is 3. The Morgan fingerprint density at radius 2 is 1.95 bits per heavy atom. The standard InChI is InChI=1S/C14H20F3N3S/c1-20(2)8-4-3-7-19-10-5-6-12(14(15,16)17)11(9-10)13(18)21/h5-6,9,19H,3-4,7-8H2,1-2H3,(H2,18,21). The summed E-state index contributed by atoms with van der Waals surface area (Å²) in [6.07, 6.45) is -2.51. The van der Waals surface area contributed by atoms with Gasteiger partial charge in [-0.1, -0.05) is 12.2 Å². The molecule has 0 aliphatic carbocycles. The maximum atomic E-state index is 12.8. The zero-order valence-corrected chi connectivity index (χ0v) is 12.9. The van der Waals surface area contributed by atoms with E-state index in [1.807, 2.05) is 14.1 Å². The molecule has 0 atom stereocenters. The van der Waals surface area contributed by atoms with Gasteiger partial charge in [0, 0.05) is 17.8 Å². The zero-order valence-electron chi connectivity index (χ0n) is 12.1. The molecule has 7 heteroatoms. The van der Waals surface area contributed by atoms with E-state index < -0.39 is 11.7 Å². The molecule has 3 nitrogen and oxygen atoms in total. The van der Waals surface area contributed by atoms with Crippen LogP contribution in [0.1, 0.15) is 24.0 Å². The van der Waals surface area contributed by atoms with Crippen LogP contribution in [-0.2, 0) is 6.18 Å². The quantitative estimate of drug-likeness (QED) is 0.598. The van der Waals surface area contributed by atoms with Crippen LogP contribution < -0.4 is 11.1 Å². The van der Waals surface area contributed by atoms with Gasteiger partial charge in [-0.3, -0.25) is 0 Å². The maximum Gasteiger partial charge on any atom is 0.417 e. The normalized spacial score (nSPS) is 11.7. The highest BCUT2D eigenvalue weighted by Crippen LogP contribution is 2.33. The number of alkyl halides is 3.